The second-order valence-electron chi connectivity index (χ2n) is 5.94. The lowest BCUT2D eigenvalue weighted by Gasteiger charge is -2.26. The van der Waals surface area contributed by atoms with E-state index in [4.69, 9.17) is 5.11 Å². The molecule has 0 aromatic heterocycles. The minimum Gasteiger partial charge on any atom is -0.384 e. The average molecular weight is 289 g/mol. The number of aliphatic hydroxyl groups excluding tert-OH is 1. The molecular formula is C18H24FNO. The fourth-order valence-electron chi connectivity index (χ4n) is 3.15. The van der Waals surface area contributed by atoms with E-state index in [1.807, 2.05) is 6.07 Å². The highest BCUT2D eigenvalue weighted by Gasteiger charge is 2.34. The molecule has 1 aliphatic rings. The number of aliphatic hydroxyl groups is 1. The Morgan fingerprint density at radius 3 is 2.71 bits per heavy atom. The van der Waals surface area contributed by atoms with Crippen molar-refractivity contribution in [3.63, 3.8) is 0 Å². The molecule has 1 N–H and O–H groups in total. The van der Waals surface area contributed by atoms with Crippen LogP contribution in [0.15, 0.2) is 18.2 Å². The fourth-order valence-corrected chi connectivity index (χ4v) is 3.15. The van der Waals surface area contributed by atoms with E-state index in [-0.39, 0.29) is 12.4 Å². The standard InChI is InChI=1S/C18H24FNO/c1-3-18(4-2)9-10-20(14-18)13-15-7-8-17(19)16(12-15)6-5-11-21/h7-8,12,21H,3-4,9-11,13-14H2,1-2H3. The molecule has 1 heterocycles. The van der Waals surface area contributed by atoms with Crippen LogP contribution < -0.4 is 0 Å². The largest absolute Gasteiger partial charge is 0.384 e. The SMILES string of the molecule is CCC1(CC)CCN(Cc2ccc(F)c(C#CCO)c2)C1. The molecule has 1 fully saturated rings. The highest BCUT2D eigenvalue weighted by molar-refractivity contribution is 5.38. The summed E-state index contributed by atoms with van der Waals surface area (Å²) in [5.41, 5.74) is 1.92. The van der Waals surface area contributed by atoms with Gasteiger partial charge in [-0.1, -0.05) is 31.8 Å². The van der Waals surface area contributed by atoms with Gasteiger partial charge in [0.1, 0.15) is 12.4 Å². The zero-order chi connectivity index (χ0) is 15.3. The van der Waals surface area contributed by atoms with Gasteiger partial charge in [0.2, 0.25) is 0 Å². The number of likely N-dealkylation sites (tertiary alicyclic amines) is 1. The normalized spacial score (nSPS) is 17.5. The van der Waals surface area contributed by atoms with Crippen LogP contribution in [-0.2, 0) is 6.54 Å². The fraction of sp³-hybridized carbons (Fsp3) is 0.556. The first kappa shape index (κ1) is 16.0. The van der Waals surface area contributed by atoms with Gasteiger partial charge in [-0.2, -0.15) is 0 Å². The second kappa shape index (κ2) is 7.06. The van der Waals surface area contributed by atoms with Crippen LogP contribution in [0, 0.1) is 23.1 Å². The Balaban J connectivity index is 2.07. The summed E-state index contributed by atoms with van der Waals surface area (Å²) in [4.78, 5) is 2.45. The van der Waals surface area contributed by atoms with Crippen LogP contribution in [0.4, 0.5) is 4.39 Å². The van der Waals surface area contributed by atoms with Gasteiger partial charge in [0.15, 0.2) is 0 Å². The third kappa shape index (κ3) is 3.84. The molecule has 0 radical (unpaired) electrons. The topological polar surface area (TPSA) is 23.5 Å². The lowest BCUT2D eigenvalue weighted by Crippen LogP contribution is -2.26. The summed E-state index contributed by atoms with van der Waals surface area (Å²) >= 11 is 0. The van der Waals surface area contributed by atoms with Crippen molar-refractivity contribution in [2.24, 2.45) is 5.41 Å². The van der Waals surface area contributed by atoms with Gasteiger partial charge in [-0.25, -0.2) is 4.39 Å². The number of rotatable bonds is 4. The zero-order valence-corrected chi connectivity index (χ0v) is 13.0. The molecule has 1 aromatic carbocycles. The maximum atomic E-state index is 13.6. The molecule has 1 aliphatic heterocycles. The predicted molar refractivity (Wildman–Crippen MR) is 83.3 cm³/mol. The Morgan fingerprint density at radius 2 is 2.10 bits per heavy atom. The first-order valence-corrected chi connectivity index (χ1v) is 7.73. The zero-order valence-electron chi connectivity index (χ0n) is 13.0. The van der Waals surface area contributed by atoms with E-state index in [1.54, 1.807) is 6.07 Å². The molecule has 21 heavy (non-hydrogen) atoms. The van der Waals surface area contributed by atoms with Gasteiger partial charge in [-0.15, -0.1) is 0 Å². The van der Waals surface area contributed by atoms with Crippen molar-refractivity contribution in [3.8, 4) is 11.8 Å². The van der Waals surface area contributed by atoms with E-state index in [1.165, 1.54) is 25.3 Å². The summed E-state index contributed by atoms with van der Waals surface area (Å²) in [6, 6.07) is 5.10. The molecule has 0 unspecified atom stereocenters. The number of hydrogen-bond donors (Lipinski definition) is 1. The minimum absolute atomic E-state index is 0.245. The highest BCUT2D eigenvalue weighted by Crippen LogP contribution is 2.37. The molecule has 1 aromatic rings. The summed E-state index contributed by atoms with van der Waals surface area (Å²) in [6.45, 7) is 7.37. The van der Waals surface area contributed by atoms with E-state index < -0.39 is 0 Å². The van der Waals surface area contributed by atoms with Crippen LogP contribution in [0.2, 0.25) is 0 Å². The number of halogens is 1. The molecule has 1 saturated heterocycles. The van der Waals surface area contributed by atoms with Crippen LogP contribution >= 0.6 is 0 Å². The molecule has 114 valence electrons. The smallest absolute Gasteiger partial charge is 0.138 e. The van der Waals surface area contributed by atoms with Crippen LogP contribution in [0.5, 0.6) is 0 Å². The van der Waals surface area contributed by atoms with Crippen molar-refractivity contribution in [2.75, 3.05) is 19.7 Å². The van der Waals surface area contributed by atoms with Gasteiger partial charge >= 0.3 is 0 Å². The summed E-state index contributed by atoms with van der Waals surface area (Å²) in [5.74, 6) is 4.86. The summed E-state index contributed by atoms with van der Waals surface area (Å²) in [6.07, 6.45) is 3.69. The molecule has 0 saturated carbocycles. The number of nitrogens with zero attached hydrogens (tertiary/aromatic N) is 1. The summed E-state index contributed by atoms with van der Waals surface area (Å²) in [5, 5.41) is 8.73. The van der Waals surface area contributed by atoms with Crippen LogP contribution in [0.1, 0.15) is 44.2 Å². The number of benzene rings is 1. The van der Waals surface area contributed by atoms with Crippen molar-refractivity contribution < 1.29 is 9.50 Å². The molecule has 0 amide bonds. The van der Waals surface area contributed by atoms with Gasteiger partial charge in [-0.3, -0.25) is 4.90 Å². The molecule has 2 rings (SSSR count). The molecule has 0 spiro atoms. The first-order valence-electron chi connectivity index (χ1n) is 7.73. The number of hydrogen-bond acceptors (Lipinski definition) is 2. The van der Waals surface area contributed by atoms with Gasteiger partial charge < -0.3 is 5.11 Å². The maximum Gasteiger partial charge on any atom is 0.138 e. The average Bonchev–Trinajstić information content (AvgIpc) is 2.92. The van der Waals surface area contributed by atoms with E-state index in [0.717, 1.165) is 25.2 Å². The molecule has 0 atom stereocenters. The summed E-state index contributed by atoms with van der Waals surface area (Å²) < 4.78 is 13.6. The van der Waals surface area contributed by atoms with Gasteiger partial charge in [-0.05, 0) is 48.9 Å². The van der Waals surface area contributed by atoms with Crippen molar-refractivity contribution in [1.82, 2.24) is 4.90 Å². The van der Waals surface area contributed by atoms with Crippen molar-refractivity contribution >= 4 is 0 Å². The van der Waals surface area contributed by atoms with Crippen LogP contribution in [-0.4, -0.2) is 29.7 Å². The Morgan fingerprint density at radius 1 is 1.33 bits per heavy atom. The van der Waals surface area contributed by atoms with E-state index in [0.29, 0.717) is 11.0 Å². The van der Waals surface area contributed by atoms with Gasteiger partial charge in [0.05, 0.1) is 5.56 Å². The summed E-state index contributed by atoms with van der Waals surface area (Å²) in [7, 11) is 0. The van der Waals surface area contributed by atoms with E-state index in [9.17, 15) is 4.39 Å². The monoisotopic (exact) mass is 289 g/mol. The Bertz CT molecular complexity index is 540. The second-order valence-corrected chi connectivity index (χ2v) is 5.94. The van der Waals surface area contributed by atoms with Gasteiger partial charge in [0, 0.05) is 13.1 Å². The van der Waals surface area contributed by atoms with Crippen LogP contribution in [0.3, 0.4) is 0 Å². The molecule has 0 aliphatic carbocycles. The molecule has 2 nitrogen and oxygen atoms in total. The van der Waals surface area contributed by atoms with Crippen LogP contribution in [0.25, 0.3) is 0 Å². The van der Waals surface area contributed by atoms with E-state index >= 15 is 0 Å². The quantitative estimate of drug-likeness (QED) is 0.861. The lowest BCUT2D eigenvalue weighted by atomic mass is 9.82. The molecule has 3 heteroatoms. The van der Waals surface area contributed by atoms with E-state index in [2.05, 4.69) is 30.6 Å². The molecular weight excluding hydrogens is 265 g/mol. The first-order chi connectivity index (χ1) is 10.1. The Hall–Kier alpha value is -1.37. The maximum absolute atomic E-state index is 13.6. The third-order valence-corrected chi connectivity index (χ3v) is 4.76. The third-order valence-electron chi connectivity index (χ3n) is 4.76. The predicted octanol–water partition coefficient (Wildman–Crippen LogP) is 3.18. The highest BCUT2D eigenvalue weighted by atomic mass is 19.1. The van der Waals surface area contributed by atoms with Crippen molar-refractivity contribution in [3.05, 3.63) is 35.1 Å². The van der Waals surface area contributed by atoms with Gasteiger partial charge in [0.25, 0.3) is 0 Å². The van der Waals surface area contributed by atoms with Crippen molar-refractivity contribution in [1.29, 1.82) is 0 Å². The Labute approximate surface area is 127 Å². The Kier molecular flexibility index (Phi) is 5.39. The lowest BCUT2D eigenvalue weighted by molar-refractivity contribution is 0.236. The van der Waals surface area contributed by atoms with Crippen molar-refractivity contribution in [2.45, 2.75) is 39.7 Å². The molecule has 0 bridgehead atoms. The minimum atomic E-state index is -0.322.